The number of hydrogen-bond acceptors (Lipinski definition) is 2. The molecular weight excluding hydrogens is 240 g/mol. The van der Waals surface area contributed by atoms with Crippen LogP contribution in [-0.2, 0) is 9.53 Å². The molecule has 0 saturated carbocycles. The molecule has 3 nitrogen and oxygen atoms in total. The third-order valence-corrected chi connectivity index (χ3v) is 3.93. The van der Waals surface area contributed by atoms with Crippen molar-refractivity contribution in [3.63, 3.8) is 0 Å². The topological polar surface area (TPSA) is 46.5 Å². The van der Waals surface area contributed by atoms with Crippen LogP contribution < -0.4 is 0 Å². The molecular formula is C16H22O3. The highest BCUT2D eigenvalue weighted by Gasteiger charge is 2.31. The van der Waals surface area contributed by atoms with Crippen molar-refractivity contribution in [2.24, 2.45) is 5.41 Å². The molecule has 0 radical (unpaired) electrons. The quantitative estimate of drug-likeness (QED) is 0.840. The van der Waals surface area contributed by atoms with Gasteiger partial charge in [-0.2, -0.15) is 0 Å². The molecule has 2 aliphatic carbocycles. The first-order valence-corrected chi connectivity index (χ1v) is 6.89. The van der Waals surface area contributed by atoms with E-state index in [4.69, 9.17) is 9.84 Å². The van der Waals surface area contributed by atoms with Crippen LogP contribution in [0.3, 0.4) is 0 Å². The summed E-state index contributed by atoms with van der Waals surface area (Å²) in [4.78, 5) is 10.8. The van der Waals surface area contributed by atoms with Crippen molar-refractivity contribution in [3.05, 3.63) is 35.1 Å². The molecule has 0 aromatic carbocycles. The molecule has 1 atom stereocenters. The Morgan fingerprint density at radius 1 is 1.47 bits per heavy atom. The average molecular weight is 262 g/mol. The highest BCUT2D eigenvalue weighted by Crippen LogP contribution is 2.41. The molecule has 0 saturated heterocycles. The lowest BCUT2D eigenvalue weighted by Crippen LogP contribution is -2.26. The van der Waals surface area contributed by atoms with Gasteiger partial charge in [-0.1, -0.05) is 19.9 Å². The van der Waals surface area contributed by atoms with Gasteiger partial charge in [0.25, 0.3) is 0 Å². The number of allylic oxidation sites excluding steroid dienone is 2. The Kier molecular flexibility index (Phi) is 3.83. The standard InChI is InChI=1S/C16H22O3/c1-11-5-4-10-16(2,3)14(11)19-13-8-6-12(7-9-13)15(17)18/h6-8,13H,4-5,9-10H2,1-3H3,(H,17,18). The fraction of sp³-hybridized carbons (Fsp3) is 0.562. The van der Waals surface area contributed by atoms with E-state index in [2.05, 4.69) is 20.8 Å². The van der Waals surface area contributed by atoms with Crippen LogP contribution >= 0.6 is 0 Å². The maximum absolute atomic E-state index is 10.8. The lowest BCUT2D eigenvalue weighted by molar-refractivity contribution is -0.132. The summed E-state index contributed by atoms with van der Waals surface area (Å²) in [5.74, 6) is 0.226. The van der Waals surface area contributed by atoms with Gasteiger partial charge in [-0.15, -0.1) is 0 Å². The molecule has 0 aromatic rings. The zero-order valence-electron chi connectivity index (χ0n) is 11.9. The van der Waals surface area contributed by atoms with Gasteiger partial charge in [0, 0.05) is 11.8 Å². The lowest BCUT2D eigenvalue weighted by Gasteiger charge is -2.36. The maximum Gasteiger partial charge on any atom is 0.335 e. The first-order valence-electron chi connectivity index (χ1n) is 6.89. The second-order valence-corrected chi connectivity index (χ2v) is 6.06. The second kappa shape index (κ2) is 5.24. The Hall–Kier alpha value is -1.51. The fourth-order valence-electron chi connectivity index (χ4n) is 2.86. The molecule has 19 heavy (non-hydrogen) atoms. The molecule has 1 unspecified atom stereocenters. The summed E-state index contributed by atoms with van der Waals surface area (Å²) in [6.07, 6.45) is 9.29. The van der Waals surface area contributed by atoms with Crippen molar-refractivity contribution >= 4 is 5.97 Å². The van der Waals surface area contributed by atoms with Gasteiger partial charge in [0.15, 0.2) is 0 Å². The number of carboxylic acids is 1. The Balaban J connectivity index is 2.07. The molecule has 2 rings (SSSR count). The first kappa shape index (κ1) is 13.9. The first-order chi connectivity index (χ1) is 8.90. The number of hydrogen-bond donors (Lipinski definition) is 1. The number of rotatable bonds is 3. The molecule has 104 valence electrons. The Morgan fingerprint density at radius 2 is 2.21 bits per heavy atom. The van der Waals surface area contributed by atoms with Crippen LogP contribution in [0.25, 0.3) is 0 Å². The average Bonchev–Trinajstić information content (AvgIpc) is 2.34. The van der Waals surface area contributed by atoms with E-state index in [0.29, 0.717) is 12.0 Å². The van der Waals surface area contributed by atoms with E-state index in [1.54, 1.807) is 12.2 Å². The van der Waals surface area contributed by atoms with Crippen molar-refractivity contribution < 1.29 is 14.6 Å². The van der Waals surface area contributed by atoms with E-state index >= 15 is 0 Å². The minimum atomic E-state index is -0.872. The minimum Gasteiger partial charge on any atom is -0.490 e. The number of ether oxygens (including phenoxy) is 1. The van der Waals surface area contributed by atoms with E-state index in [1.807, 2.05) is 6.08 Å². The Labute approximate surface area is 114 Å². The summed E-state index contributed by atoms with van der Waals surface area (Å²) < 4.78 is 6.14. The van der Waals surface area contributed by atoms with Crippen molar-refractivity contribution in [2.75, 3.05) is 0 Å². The summed E-state index contributed by atoms with van der Waals surface area (Å²) in [6.45, 7) is 6.58. The van der Waals surface area contributed by atoms with Gasteiger partial charge in [-0.05, 0) is 43.9 Å². The van der Waals surface area contributed by atoms with Gasteiger partial charge in [-0.25, -0.2) is 4.79 Å². The zero-order valence-corrected chi connectivity index (χ0v) is 11.9. The van der Waals surface area contributed by atoms with Gasteiger partial charge < -0.3 is 9.84 Å². The summed E-state index contributed by atoms with van der Waals surface area (Å²) in [5.41, 5.74) is 1.78. The van der Waals surface area contributed by atoms with E-state index in [-0.39, 0.29) is 11.5 Å². The van der Waals surface area contributed by atoms with Crippen LogP contribution in [0.15, 0.2) is 35.1 Å². The summed E-state index contributed by atoms with van der Waals surface area (Å²) in [7, 11) is 0. The Bertz CT molecular complexity index is 466. The van der Waals surface area contributed by atoms with Crippen LogP contribution in [0.2, 0.25) is 0 Å². The number of carboxylic acid groups (broad SMARTS) is 1. The molecule has 0 fully saturated rings. The van der Waals surface area contributed by atoms with E-state index < -0.39 is 5.97 Å². The SMILES string of the molecule is CC1=C(OC2C=CC(C(=O)O)=CC2)C(C)(C)CCC1. The van der Waals surface area contributed by atoms with Gasteiger partial charge in [0.1, 0.15) is 11.9 Å². The summed E-state index contributed by atoms with van der Waals surface area (Å²) in [5, 5.41) is 8.90. The van der Waals surface area contributed by atoms with Crippen molar-refractivity contribution in [3.8, 4) is 0 Å². The van der Waals surface area contributed by atoms with Gasteiger partial charge >= 0.3 is 5.97 Å². The second-order valence-electron chi connectivity index (χ2n) is 6.06. The molecule has 1 N–H and O–H groups in total. The molecule has 3 heteroatoms. The molecule has 0 bridgehead atoms. The van der Waals surface area contributed by atoms with Crippen LogP contribution in [-0.4, -0.2) is 17.2 Å². The largest absolute Gasteiger partial charge is 0.490 e. The van der Waals surface area contributed by atoms with E-state index in [1.165, 1.54) is 12.0 Å². The maximum atomic E-state index is 10.8. The highest BCUT2D eigenvalue weighted by molar-refractivity contribution is 5.90. The van der Waals surface area contributed by atoms with Gasteiger partial charge in [-0.3, -0.25) is 0 Å². The van der Waals surface area contributed by atoms with E-state index in [9.17, 15) is 4.79 Å². The minimum absolute atomic E-state index is 0.0366. The number of aliphatic carboxylic acids is 1. The van der Waals surface area contributed by atoms with Crippen LogP contribution in [0.1, 0.15) is 46.5 Å². The lowest BCUT2D eigenvalue weighted by atomic mass is 9.78. The molecule has 0 aliphatic heterocycles. The summed E-state index contributed by atoms with van der Waals surface area (Å²) in [6, 6.07) is 0. The number of carbonyl (C=O) groups is 1. The highest BCUT2D eigenvalue weighted by atomic mass is 16.5. The van der Waals surface area contributed by atoms with Crippen LogP contribution in [0.4, 0.5) is 0 Å². The van der Waals surface area contributed by atoms with Gasteiger partial charge in [0.2, 0.25) is 0 Å². The normalized spacial score (nSPS) is 26.1. The van der Waals surface area contributed by atoms with Crippen LogP contribution in [0.5, 0.6) is 0 Å². The predicted octanol–water partition coefficient (Wildman–Crippen LogP) is 3.83. The molecule has 2 aliphatic rings. The zero-order chi connectivity index (χ0) is 14.0. The third-order valence-electron chi connectivity index (χ3n) is 3.93. The molecule has 0 heterocycles. The van der Waals surface area contributed by atoms with Crippen molar-refractivity contribution in [2.45, 2.75) is 52.6 Å². The Morgan fingerprint density at radius 3 is 2.74 bits per heavy atom. The molecule has 0 aromatic heterocycles. The summed E-state index contributed by atoms with van der Waals surface area (Å²) >= 11 is 0. The van der Waals surface area contributed by atoms with Gasteiger partial charge in [0.05, 0.1) is 5.57 Å². The van der Waals surface area contributed by atoms with Crippen molar-refractivity contribution in [1.82, 2.24) is 0 Å². The third kappa shape index (κ3) is 3.09. The monoisotopic (exact) mass is 262 g/mol. The molecule has 0 spiro atoms. The smallest absolute Gasteiger partial charge is 0.335 e. The van der Waals surface area contributed by atoms with E-state index in [0.717, 1.165) is 18.6 Å². The fourth-order valence-corrected chi connectivity index (χ4v) is 2.86. The predicted molar refractivity (Wildman–Crippen MR) is 74.7 cm³/mol. The van der Waals surface area contributed by atoms with Crippen molar-refractivity contribution in [1.29, 1.82) is 0 Å². The molecule has 0 amide bonds. The van der Waals surface area contributed by atoms with Crippen LogP contribution in [0, 0.1) is 5.41 Å².